The van der Waals surface area contributed by atoms with Gasteiger partial charge in [-0.05, 0) is 25.3 Å². The van der Waals surface area contributed by atoms with E-state index >= 15 is 0 Å². The van der Waals surface area contributed by atoms with Gasteiger partial charge in [-0.2, -0.15) is 0 Å². The van der Waals surface area contributed by atoms with Crippen LogP contribution in [0.5, 0.6) is 0 Å². The lowest BCUT2D eigenvalue weighted by atomic mass is 9.97. The average Bonchev–Trinajstić information content (AvgIpc) is 2.25. The maximum atomic E-state index is 11.8. The first-order valence-corrected chi connectivity index (χ1v) is 5.76. The van der Waals surface area contributed by atoms with E-state index < -0.39 is 12.0 Å². The van der Waals surface area contributed by atoms with Gasteiger partial charge in [0.05, 0.1) is 5.92 Å². The van der Waals surface area contributed by atoms with Gasteiger partial charge in [-0.15, -0.1) is 0 Å². The highest BCUT2D eigenvalue weighted by Crippen LogP contribution is 2.11. The molecule has 2 atom stereocenters. The molecule has 5 heteroatoms. The second-order valence-electron chi connectivity index (χ2n) is 4.61. The van der Waals surface area contributed by atoms with Crippen LogP contribution in [0.25, 0.3) is 0 Å². The summed E-state index contributed by atoms with van der Waals surface area (Å²) >= 11 is 0. The van der Waals surface area contributed by atoms with Gasteiger partial charge >= 0.3 is 5.97 Å². The second-order valence-corrected chi connectivity index (χ2v) is 4.61. The zero-order valence-corrected chi connectivity index (χ0v) is 9.82. The first-order valence-electron chi connectivity index (χ1n) is 5.76. The minimum atomic E-state index is -0.966. The standard InChI is InChI=1S/C11H20N2O3/c1-7(2)9(11(15)16)13-10(14)8-4-3-5-12-6-8/h7-9,12H,3-6H2,1-2H3,(H,13,14)(H,15,16)/t8-,9-/m1/s1. The highest BCUT2D eigenvalue weighted by Gasteiger charge is 2.28. The van der Waals surface area contributed by atoms with Crippen molar-refractivity contribution in [3.63, 3.8) is 0 Å². The molecule has 0 aromatic heterocycles. The number of nitrogens with one attached hydrogen (secondary N) is 2. The molecule has 1 aliphatic rings. The lowest BCUT2D eigenvalue weighted by Crippen LogP contribution is -2.49. The van der Waals surface area contributed by atoms with Crippen LogP contribution >= 0.6 is 0 Å². The number of aliphatic carboxylic acids is 1. The molecule has 1 rings (SSSR count). The highest BCUT2D eigenvalue weighted by molar-refractivity contribution is 5.85. The first kappa shape index (κ1) is 13.0. The van der Waals surface area contributed by atoms with Crippen LogP contribution in [0.15, 0.2) is 0 Å². The highest BCUT2D eigenvalue weighted by atomic mass is 16.4. The Hall–Kier alpha value is -1.10. The predicted molar refractivity (Wildman–Crippen MR) is 60.0 cm³/mol. The zero-order valence-electron chi connectivity index (χ0n) is 9.82. The van der Waals surface area contributed by atoms with E-state index in [2.05, 4.69) is 10.6 Å². The summed E-state index contributed by atoms with van der Waals surface area (Å²) in [7, 11) is 0. The molecule has 16 heavy (non-hydrogen) atoms. The largest absolute Gasteiger partial charge is 0.480 e. The van der Waals surface area contributed by atoms with E-state index in [4.69, 9.17) is 5.11 Å². The van der Waals surface area contributed by atoms with Crippen molar-refractivity contribution < 1.29 is 14.7 Å². The SMILES string of the molecule is CC(C)[C@@H](NC(=O)[C@@H]1CCCNC1)C(=O)O. The Kier molecular flexibility index (Phi) is 4.73. The molecule has 92 valence electrons. The van der Waals surface area contributed by atoms with Crippen molar-refractivity contribution in [1.29, 1.82) is 0 Å². The van der Waals surface area contributed by atoms with Gasteiger partial charge in [0.15, 0.2) is 0 Å². The van der Waals surface area contributed by atoms with E-state index in [0.717, 1.165) is 19.4 Å². The summed E-state index contributed by atoms with van der Waals surface area (Å²) < 4.78 is 0. The molecule has 1 saturated heterocycles. The van der Waals surface area contributed by atoms with Gasteiger partial charge < -0.3 is 15.7 Å². The maximum absolute atomic E-state index is 11.8. The third-order valence-electron chi connectivity index (χ3n) is 2.90. The Morgan fingerprint density at radius 1 is 1.44 bits per heavy atom. The molecule has 1 heterocycles. The van der Waals surface area contributed by atoms with Gasteiger partial charge in [-0.3, -0.25) is 4.79 Å². The van der Waals surface area contributed by atoms with Crippen molar-refractivity contribution in [2.75, 3.05) is 13.1 Å². The molecule has 0 saturated carbocycles. The van der Waals surface area contributed by atoms with Crippen LogP contribution in [-0.4, -0.2) is 36.1 Å². The van der Waals surface area contributed by atoms with Gasteiger partial charge in [0, 0.05) is 6.54 Å². The quantitative estimate of drug-likeness (QED) is 0.643. The molecule has 0 unspecified atom stereocenters. The van der Waals surface area contributed by atoms with Crippen LogP contribution in [0.1, 0.15) is 26.7 Å². The molecular formula is C11H20N2O3. The van der Waals surface area contributed by atoms with Gasteiger partial charge in [0.25, 0.3) is 0 Å². The van der Waals surface area contributed by atoms with Crippen molar-refractivity contribution in [2.45, 2.75) is 32.7 Å². The van der Waals surface area contributed by atoms with Crippen LogP contribution in [0.4, 0.5) is 0 Å². The number of piperidine rings is 1. The minimum absolute atomic E-state index is 0.0886. The summed E-state index contributed by atoms with van der Waals surface area (Å²) in [5.41, 5.74) is 0. The van der Waals surface area contributed by atoms with Crippen LogP contribution in [0.3, 0.4) is 0 Å². The second kappa shape index (κ2) is 5.84. The van der Waals surface area contributed by atoms with Crippen LogP contribution in [-0.2, 0) is 9.59 Å². The first-order chi connectivity index (χ1) is 7.52. The van der Waals surface area contributed by atoms with E-state index in [1.807, 2.05) is 0 Å². The smallest absolute Gasteiger partial charge is 0.326 e. The number of carboxylic acid groups (broad SMARTS) is 1. The summed E-state index contributed by atoms with van der Waals surface area (Å²) in [5.74, 6) is -1.30. The molecule has 0 radical (unpaired) electrons. The van der Waals surface area contributed by atoms with Crippen molar-refractivity contribution in [1.82, 2.24) is 10.6 Å². The molecule has 1 fully saturated rings. The minimum Gasteiger partial charge on any atom is -0.480 e. The fourth-order valence-corrected chi connectivity index (χ4v) is 1.86. The molecular weight excluding hydrogens is 208 g/mol. The summed E-state index contributed by atoms with van der Waals surface area (Å²) in [4.78, 5) is 22.7. The third kappa shape index (κ3) is 3.48. The van der Waals surface area contributed by atoms with Crippen molar-refractivity contribution in [3.05, 3.63) is 0 Å². The van der Waals surface area contributed by atoms with E-state index in [1.54, 1.807) is 13.8 Å². The van der Waals surface area contributed by atoms with Crippen LogP contribution in [0, 0.1) is 11.8 Å². The van der Waals surface area contributed by atoms with Crippen LogP contribution < -0.4 is 10.6 Å². The Bertz CT molecular complexity index is 260. The summed E-state index contributed by atoms with van der Waals surface area (Å²) in [5, 5.41) is 14.7. The molecule has 0 bridgehead atoms. The normalized spacial score (nSPS) is 22.8. The molecule has 3 N–H and O–H groups in total. The number of carboxylic acids is 1. The summed E-state index contributed by atoms with van der Waals surface area (Å²) in [6.07, 6.45) is 1.81. The Balaban J connectivity index is 2.50. The molecule has 0 aromatic rings. The monoisotopic (exact) mass is 228 g/mol. The fraction of sp³-hybridized carbons (Fsp3) is 0.818. The summed E-state index contributed by atoms with van der Waals surface area (Å²) in [6, 6.07) is -0.783. The maximum Gasteiger partial charge on any atom is 0.326 e. The number of carbonyl (C=O) groups excluding carboxylic acids is 1. The van der Waals surface area contributed by atoms with Gasteiger partial charge in [0.2, 0.25) is 5.91 Å². The number of carbonyl (C=O) groups is 2. The fourth-order valence-electron chi connectivity index (χ4n) is 1.86. The Morgan fingerprint density at radius 2 is 2.12 bits per heavy atom. The van der Waals surface area contributed by atoms with E-state index in [1.165, 1.54) is 0 Å². The summed E-state index contributed by atoms with van der Waals surface area (Å²) in [6.45, 7) is 5.17. The van der Waals surface area contributed by atoms with E-state index in [9.17, 15) is 9.59 Å². The van der Waals surface area contributed by atoms with E-state index in [-0.39, 0.29) is 17.7 Å². The lowest BCUT2D eigenvalue weighted by molar-refractivity contribution is -0.143. The molecule has 1 amide bonds. The molecule has 0 spiro atoms. The van der Waals surface area contributed by atoms with Crippen molar-refractivity contribution in [3.8, 4) is 0 Å². The average molecular weight is 228 g/mol. The topological polar surface area (TPSA) is 78.4 Å². The van der Waals surface area contributed by atoms with Crippen LogP contribution in [0.2, 0.25) is 0 Å². The van der Waals surface area contributed by atoms with Gasteiger partial charge in [-0.25, -0.2) is 4.79 Å². The Morgan fingerprint density at radius 3 is 2.56 bits per heavy atom. The lowest BCUT2D eigenvalue weighted by Gasteiger charge is -2.25. The molecule has 0 aliphatic carbocycles. The predicted octanol–water partition coefficient (Wildman–Crippen LogP) is 0.211. The zero-order chi connectivity index (χ0) is 12.1. The number of amides is 1. The number of rotatable bonds is 4. The van der Waals surface area contributed by atoms with Gasteiger partial charge in [0.1, 0.15) is 6.04 Å². The number of hydrogen-bond donors (Lipinski definition) is 3. The molecule has 0 aromatic carbocycles. The number of hydrogen-bond acceptors (Lipinski definition) is 3. The Labute approximate surface area is 95.6 Å². The third-order valence-corrected chi connectivity index (χ3v) is 2.90. The van der Waals surface area contributed by atoms with E-state index in [0.29, 0.717) is 6.54 Å². The van der Waals surface area contributed by atoms with Crippen molar-refractivity contribution >= 4 is 11.9 Å². The molecule has 1 aliphatic heterocycles. The molecule has 5 nitrogen and oxygen atoms in total. The van der Waals surface area contributed by atoms with Crippen molar-refractivity contribution in [2.24, 2.45) is 11.8 Å². The van der Waals surface area contributed by atoms with Gasteiger partial charge in [-0.1, -0.05) is 13.8 Å².